The van der Waals surface area contributed by atoms with Gasteiger partial charge in [0.05, 0.1) is 18.0 Å². The summed E-state index contributed by atoms with van der Waals surface area (Å²) in [4.78, 5) is 4.65. The molecule has 0 unspecified atom stereocenters. The summed E-state index contributed by atoms with van der Waals surface area (Å²) in [6.45, 7) is 5.25. The van der Waals surface area contributed by atoms with E-state index in [-0.39, 0.29) is 0 Å². The van der Waals surface area contributed by atoms with Crippen molar-refractivity contribution in [3.05, 3.63) is 53.6 Å². The average Bonchev–Trinajstić information content (AvgIpc) is 2.71. The van der Waals surface area contributed by atoms with Gasteiger partial charge in [-0.05, 0) is 49.2 Å². The van der Waals surface area contributed by atoms with Crippen molar-refractivity contribution in [3.8, 4) is 0 Å². The van der Waals surface area contributed by atoms with E-state index in [0.717, 1.165) is 6.67 Å². The second-order valence-corrected chi connectivity index (χ2v) is 5.02. The molecule has 0 atom stereocenters. The van der Waals surface area contributed by atoms with Crippen LogP contribution < -0.4 is 9.80 Å². The van der Waals surface area contributed by atoms with E-state index in [2.05, 4.69) is 73.2 Å². The van der Waals surface area contributed by atoms with Crippen molar-refractivity contribution < 1.29 is 0 Å². The molecule has 0 N–H and O–H groups in total. The third kappa shape index (κ3) is 1.65. The van der Waals surface area contributed by atoms with Crippen LogP contribution in [0.3, 0.4) is 0 Å². The Morgan fingerprint density at radius 3 is 2.33 bits per heavy atom. The van der Waals surface area contributed by atoms with Crippen LogP contribution in [0.2, 0.25) is 0 Å². The Morgan fingerprint density at radius 1 is 0.889 bits per heavy atom. The van der Waals surface area contributed by atoms with Crippen LogP contribution in [0.15, 0.2) is 42.5 Å². The normalized spacial score (nSPS) is 13.9. The van der Waals surface area contributed by atoms with Crippen molar-refractivity contribution in [1.82, 2.24) is 0 Å². The maximum atomic E-state index is 2.36. The fourth-order valence-corrected chi connectivity index (χ4v) is 2.49. The maximum absolute atomic E-state index is 2.36. The SMILES string of the molecule is Cc1ccc(N2CN(C)c3ccccc32)cc1C. The predicted octanol–water partition coefficient (Wildman–Crippen LogP) is 3.85. The first kappa shape index (κ1) is 11.1. The molecule has 2 aromatic carbocycles. The molecule has 1 aliphatic heterocycles. The monoisotopic (exact) mass is 238 g/mol. The molecule has 1 heterocycles. The largest absolute Gasteiger partial charge is 0.355 e. The highest BCUT2D eigenvalue weighted by Crippen LogP contribution is 2.39. The molecule has 0 saturated heterocycles. The number of rotatable bonds is 1. The molecule has 0 aromatic heterocycles. The highest BCUT2D eigenvalue weighted by Gasteiger charge is 2.23. The van der Waals surface area contributed by atoms with Crippen molar-refractivity contribution in [1.29, 1.82) is 0 Å². The fourth-order valence-electron chi connectivity index (χ4n) is 2.49. The van der Waals surface area contributed by atoms with Crippen LogP contribution in [0.1, 0.15) is 11.1 Å². The van der Waals surface area contributed by atoms with Crippen LogP contribution in [0, 0.1) is 13.8 Å². The summed E-state index contributed by atoms with van der Waals surface area (Å²) in [6, 6.07) is 15.2. The molecule has 0 amide bonds. The Hall–Kier alpha value is -1.96. The van der Waals surface area contributed by atoms with Crippen molar-refractivity contribution >= 4 is 17.1 Å². The quantitative estimate of drug-likeness (QED) is 0.744. The fraction of sp³-hybridized carbons (Fsp3) is 0.250. The lowest BCUT2D eigenvalue weighted by Crippen LogP contribution is -2.24. The molecule has 0 bridgehead atoms. The second kappa shape index (κ2) is 4.05. The molecular weight excluding hydrogens is 220 g/mol. The number of fused-ring (bicyclic) bond motifs is 1. The third-order valence-corrected chi connectivity index (χ3v) is 3.74. The topological polar surface area (TPSA) is 6.48 Å². The molecule has 0 radical (unpaired) electrons. The minimum Gasteiger partial charge on any atom is -0.355 e. The van der Waals surface area contributed by atoms with Gasteiger partial charge in [-0.25, -0.2) is 0 Å². The van der Waals surface area contributed by atoms with Crippen molar-refractivity contribution in [2.75, 3.05) is 23.5 Å². The third-order valence-electron chi connectivity index (χ3n) is 3.74. The molecule has 2 heteroatoms. The Balaban J connectivity index is 2.06. The van der Waals surface area contributed by atoms with Gasteiger partial charge in [-0.1, -0.05) is 18.2 Å². The first-order valence-electron chi connectivity index (χ1n) is 6.32. The van der Waals surface area contributed by atoms with Crippen LogP contribution in [-0.4, -0.2) is 13.7 Å². The summed E-state index contributed by atoms with van der Waals surface area (Å²) in [5.41, 5.74) is 6.56. The van der Waals surface area contributed by atoms with Crippen LogP contribution in [0.5, 0.6) is 0 Å². The number of benzene rings is 2. The zero-order valence-electron chi connectivity index (χ0n) is 11.1. The van der Waals surface area contributed by atoms with Crippen LogP contribution >= 0.6 is 0 Å². The van der Waals surface area contributed by atoms with Gasteiger partial charge in [0, 0.05) is 12.7 Å². The molecular formula is C16H18N2. The van der Waals surface area contributed by atoms with Gasteiger partial charge in [-0.15, -0.1) is 0 Å². The van der Waals surface area contributed by atoms with Gasteiger partial charge in [0.15, 0.2) is 0 Å². The van der Waals surface area contributed by atoms with E-state index in [4.69, 9.17) is 0 Å². The van der Waals surface area contributed by atoms with E-state index in [1.807, 2.05) is 0 Å². The van der Waals surface area contributed by atoms with E-state index >= 15 is 0 Å². The molecule has 0 aliphatic carbocycles. The minimum atomic E-state index is 0.918. The highest BCUT2D eigenvalue weighted by atomic mass is 15.4. The van der Waals surface area contributed by atoms with Gasteiger partial charge in [-0.3, -0.25) is 0 Å². The van der Waals surface area contributed by atoms with Crippen molar-refractivity contribution in [2.45, 2.75) is 13.8 Å². The molecule has 0 spiro atoms. The van der Waals surface area contributed by atoms with E-state index < -0.39 is 0 Å². The first-order chi connectivity index (χ1) is 8.66. The van der Waals surface area contributed by atoms with Gasteiger partial charge < -0.3 is 9.80 Å². The summed E-state index contributed by atoms with van der Waals surface area (Å²) < 4.78 is 0. The van der Waals surface area contributed by atoms with E-state index in [1.165, 1.54) is 28.2 Å². The summed E-state index contributed by atoms with van der Waals surface area (Å²) in [7, 11) is 2.14. The first-order valence-corrected chi connectivity index (χ1v) is 6.32. The molecule has 3 rings (SSSR count). The Kier molecular flexibility index (Phi) is 2.51. The predicted molar refractivity (Wildman–Crippen MR) is 77.8 cm³/mol. The zero-order chi connectivity index (χ0) is 12.7. The summed E-state index contributed by atoms with van der Waals surface area (Å²) >= 11 is 0. The van der Waals surface area contributed by atoms with Crippen molar-refractivity contribution in [3.63, 3.8) is 0 Å². The molecule has 0 saturated carbocycles. The van der Waals surface area contributed by atoms with Gasteiger partial charge in [0.2, 0.25) is 0 Å². The lowest BCUT2D eigenvalue weighted by atomic mass is 10.1. The second-order valence-electron chi connectivity index (χ2n) is 5.02. The van der Waals surface area contributed by atoms with E-state index in [1.54, 1.807) is 0 Å². The number of para-hydroxylation sites is 2. The van der Waals surface area contributed by atoms with Gasteiger partial charge in [0.1, 0.15) is 0 Å². The average molecular weight is 238 g/mol. The number of nitrogens with zero attached hydrogens (tertiary/aromatic N) is 2. The van der Waals surface area contributed by atoms with Crippen molar-refractivity contribution in [2.24, 2.45) is 0 Å². The number of hydrogen-bond acceptors (Lipinski definition) is 2. The van der Waals surface area contributed by atoms with Crippen LogP contribution in [0.25, 0.3) is 0 Å². The molecule has 1 aliphatic rings. The lowest BCUT2D eigenvalue weighted by molar-refractivity contribution is 0.948. The lowest BCUT2D eigenvalue weighted by Gasteiger charge is -2.20. The van der Waals surface area contributed by atoms with Gasteiger partial charge >= 0.3 is 0 Å². The van der Waals surface area contributed by atoms with Gasteiger partial charge in [0.25, 0.3) is 0 Å². The van der Waals surface area contributed by atoms with Crippen LogP contribution in [0.4, 0.5) is 17.1 Å². The van der Waals surface area contributed by atoms with Gasteiger partial charge in [-0.2, -0.15) is 0 Å². The Bertz CT molecular complexity index is 589. The molecule has 92 valence electrons. The Morgan fingerprint density at radius 2 is 1.61 bits per heavy atom. The standard InChI is InChI=1S/C16H18N2/c1-12-8-9-14(10-13(12)2)18-11-17(3)15-6-4-5-7-16(15)18/h4-10H,11H2,1-3H3. The summed E-state index contributed by atoms with van der Waals surface area (Å²) in [5, 5.41) is 0. The summed E-state index contributed by atoms with van der Waals surface area (Å²) in [5.74, 6) is 0. The molecule has 2 nitrogen and oxygen atoms in total. The number of aryl methyl sites for hydroxylation is 2. The highest BCUT2D eigenvalue weighted by molar-refractivity contribution is 5.82. The minimum absolute atomic E-state index is 0.918. The molecule has 0 fully saturated rings. The van der Waals surface area contributed by atoms with Crippen LogP contribution in [-0.2, 0) is 0 Å². The smallest absolute Gasteiger partial charge is 0.0950 e. The van der Waals surface area contributed by atoms with E-state index in [9.17, 15) is 0 Å². The molecule has 2 aromatic rings. The van der Waals surface area contributed by atoms with E-state index in [0.29, 0.717) is 0 Å². The molecule has 18 heavy (non-hydrogen) atoms. The summed E-state index contributed by atoms with van der Waals surface area (Å²) in [6.07, 6.45) is 0. The number of hydrogen-bond donors (Lipinski definition) is 0. The maximum Gasteiger partial charge on any atom is 0.0950 e. The zero-order valence-corrected chi connectivity index (χ0v) is 11.1. The number of anilines is 3. The Labute approximate surface area is 108 Å².